The highest BCUT2D eigenvalue weighted by atomic mass is 19.4. The molecule has 0 radical (unpaired) electrons. The number of piperazine rings is 1. The van der Waals surface area contributed by atoms with Crippen molar-refractivity contribution in [2.45, 2.75) is 25.6 Å². The highest BCUT2D eigenvalue weighted by molar-refractivity contribution is 5.91. The summed E-state index contributed by atoms with van der Waals surface area (Å²) < 4.78 is 70.0. The summed E-state index contributed by atoms with van der Waals surface area (Å²) in [5.41, 5.74) is -1.58. The number of hydrogen-bond acceptors (Lipinski definition) is 6. The molecule has 3 heterocycles. The molecular formula is C26H23F5N6O2. The molecule has 0 bridgehead atoms. The van der Waals surface area contributed by atoms with E-state index in [0.29, 0.717) is 32.0 Å². The Morgan fingerprint density at radius 2 is 1.85 bits per heavy atom. The van der Waals surface area contributed by atoms with Crippen LogP contribution in [0.4, 0.5) is 27.9 Å². The number of alkyl halides is 3. The molecule has 5 rings (SSSR count). The lowest BCUT2D eigenvalue weighted by Crippen LogP contribution is -2.56. The van der Waals surface area contributed by atoms with E-state index < -0.39 is 34.7 Å². The Kier molecular flexibility index (Phi) is 6.60. The van der Waals surface area contributed by atoms with Gasteiger partial charge in [0.25, 0.3) is 0 Å². The molecule has 1 N–H and O–H groups in total. The van der Waals surface area contributed by atoms with E-state index >= 15 is 0 Å². The first-order valence-electron chi connectivity index (χ1n) is 12.0. The minimum absolute atomic E-state index is 0.0500. The zero-order valence-corrected chi connectivity index (χ0v) is 20.9. The maximum absolute atomic E-state index is 14.8. The van der Waals surface area contributed by atoms with E-state index in [-0.39, 0.29) is 34.7 Å². The van der Waals surface area contributed by atoms with Gasteiger partial charge in [0.15, 0.2) is 23.0 Å². The summed E-state index contributed by atoms with van der Waals surface area (Å²) in [5.74, 6) is -5.17. The third kappa shape index (κ3) is 4.84. The van der Waals surface area contributed by atoms with Crippen LogP contribution >= 0.6 is 0 Å². The molecule has 1 aliphatic heterocycles. The van der Waals surface area contributed by atoms with Crippen molar-refractivity contribution >= 4 is 22.9 Å². The molecule has 1 amide bonds. The molecule has 39 heavy (non-hydrogen) atoms. The molecule has 1 aliphatic rings. The van der Waals surface area contributed by atoms with Gasteiger partial charge in [-0.2, -0.15) is 23.3 Å². The number of aryl methyl sites for hydroxylation is 1. The number of nitrogens with zero attached hydrogens (tertiary/aromatic N) is 6. The predicted octanol–water partition coefficient (Wildman–Crippen LogP) is 4.31. The number of aromatic hydroxyl groups is 1. The average molecular weight is 547 g/mol. The number of halogens is 5. The smallest absolute Gasteiger partial charge is 0.419 e. The van der Waals surface area contributed by atoms with E-state index in [4.69, 9.17) is 0 Å². The normalized spacial score (nSPS) is 16.2. The quantitative estimate of drug-likeness (QED) is 0.384. The van der Waals surface area contributed by atoms with Gasteiger partial charge >= 0.3 is 6.18 Å². The van der Waals surface area contributed by atoms with E-state index in [0.717, 1.165) is 5.56 Å². The molecule has 4 aromatic rings. The molecule has 0 spiro atoms. The standard InChI is InChI=1S/C26H23F5N6O2/c1-14(38)37-9-8-36(13-16(37)10-15-6-4-3-5-7-15)25-32-12-18-22(34-35(2)24(18)33-25)17-11-19(26(29,30)31)21(28)23(39)20(17)27/h3-7,11-12,16,39H,8-10,13H2,1-2H3/t16-/m0/s1. The van der Waals surface area contributed by atoms with E-state index in [2.05, 4.69) is 15.1 Å². The molecule has 0 unspecified atom stereocenters. The number of amides is 1. The molecule has 2 aromatic carbocycles. The maximum atomic E-state index is 14.8. The van der Waals surface area contributed by atoms with Gasteiger partial charge in [-0.1, -0.05) is 30.3 Å². The second-order valence-corrected chi connectivity index (χ2v) is 9.33. The molecule has 2 aromatic heterocycles. The van der Waals surface area contributed by atoms with Gasteiger partial charge in [0.05, 0.1) is 17.0 Å². The SMILES string of the molecule is CC(=O)N1CCN(c2ncc3c(-c4cc(C(F)(F)F)c(F)c(O)c4F)nn(C)c3n2)C[C@@H]1Cc1ccccc1. The first-order valence-corrected chi connectivity index (χ1v) is 12.0. The summed E-state index contributed by atoms with van der Waals surface area (Å²) in [6.45, 7) is 2.83. The monoisotopic (exact) mass is 546 g/mol. The van der Waals surface area contributed by atoms with Crippen LogP contribution in [0, 0.1) is 11.6 Å². The minimum Gasteiger partial charge on any atom is -0.503 e. The average Bonchev–Trinajstić information content (AvgIpc) is 3.22. The zero-order valence-electron chi connectivity index (χ0n) is 20.9. The Balaban J connectivity index is 1.51. The lowest BCUT2D eigenvalue weighted by molar-refractivity contribution is -0.140. The molecule has 1 fully saturated rings. The topological polar surface area (TPSA) is 87.4 Å². The van der Waals surface area contributed by atoms with Crippen LogP contribution < -0.4 is 4.90 Å². The van der Waals surface area contributed by atoms with Crippen LogP contribution in [-0.2, 0) is 24.4 Å². The highest BCUT2D eigenvalue weighted by Gasteiger charge is 2.38. The fraction of sp³-hybridized carbons (Fsp3) is 0.308. The molecule has 0 saturated carbocycles. The fourth-order valence-electron chi connectivity index (χ4n) is 4.89. The fourth-order valence-corrected chi connectivity index (χ4v) is 4.89. The van der Waals surface area contributed by atoms with Crippen LogP contribution in [0.2, 0.25) is 0 Å². The molecular weight excluding hydrogens is 523 g/mol. The Bertz CT molecular complexity index is 1560. The number of carbonyl (C=O) groups excluding carboxylic acids is 1. The minimum atomic E-state index is -5.17. The largest absolute Gasteiger partial charge is 0.503 e. The van der Waals surface area contributed by atoms with Crippen molar-refractivity contribution in [3.8, 4) is 17.0 Å². The van der Waals surface area contributed by atoms with Crippen LogP contribution in [0.1, 0.15) is 18.1 Å². The first kappa shape index (κ1) is 26.3. The number of rotatable bonds is 4. The van der Waals surface area contributed by atoms with Gasteiger partial charge in [-0.15, -0.1) is 0 Å². The van der Waals surface area contributed by atoms with Crippen molar-refractivity contribution in [1.29, 1.82) is 0 Å². The van der Waals surface area contributed by atoms with Gasteiger partial charge in [0, 0.05) is 45.4 Å². The molecule has 1 saturated heterocycles. The lowest BCUT2D eigenvalue weighted by atomic mass is 10.0. The van der Waals surface area contributed by atoms with Crippen LogP contribution in [0.25, 0.3) is 22.3 Å². The van der Waals surface area contributed by atoms with Crippen molar-refractivity contribution in [3.05, 3.63) is 65.4 Å². The number of carbonyl (C=O) groups is 1. The highest BCUT2D eigenvalue weighted by Crippen LogP contribution is 2.41. The zero-order chi connectivity index (χ0) is 28.1. The maximum Gasteiger partial charge on any atom is 0.419 e. The van der Waals surface area contributed by atoms with Gasteiger partial charge < -0.3 is 14.9 Å². The van der Waals surface area contributed by atoms with Crippen molar-refractivity contribution in [3.63, 3.8) is 0 Å². The van der Waals surface area contributed by atoms with E-state index in [9.17, 15) is 31.9 Å². The number of phenolic OH excluding ortho intramolecular Hbond substituents is 1. The van der Waals surface area contributed by atoms with Gasteiger partial charge in [-0.05, 0) is 18.1 Å². The Morgan fingerprint density at radius 1 is 1.13 bits per heavy atom. The molecule has 204 valence electrons. The molecule has 0 aliphatic carbocycles. The summed E-state index contributed by atoms with van der Waals surface area (Å²) in [7, 11) is 1.47. The van der Waals surface area contributed by atoms with E-state index in [1.807, 2.05) is 35.2 Å². The van der Waals surface area contributed by atoms with Gasteiger partial charge in [0.2, 0.25) is 11.9 Å². The van der Waals surface area contributed by atoms with Crippen LogP contribution in [0.15, 0.2) is 42.6 Å². The van der Waals surface area contributed by atoms with E-state index in [1.165, 1.54) is 24.9 Å². The van der Waals surface area contributed by atoms with Crippen LogP contribution in [-0.4, -0.2) is 61.3 Å². The van der Waals surface area contributed by atoms with Crippen molar-refractivity contribution in [1.82, 2.24) is 24.6 Å². The van der Waals surface area contributed by atoms with Crippen LogP contribution in [0.3, 0.4) is 0 Å². The molecule has 1 atom stereocenters. The Hall–Kier alpha value is -4.29. The first-order chi connectivity index (χ1) is 18.5. The second kappa shape index (κ2) is 9.79. The number of hydrogen-bond donors (Lipinski definition) is 1. The summed E-state index contributed by atoms with van der Waals surface area (Å²) in [6.07, 6.45) is -3.25. The summed E-state index contributed by atoms with van der Waals surface area (Å²) in [5, 5.41) is 13.9. The van der Waals surface area contributed by atoms with E-state index in [1.54, 1.807) is 4.90 Å². The number of anilines is 1. The number of fused-ring (bicyclic) bond motifs is 1. The van der Waals surface area contributed by atoms with Crippen molar-refractivity contribution in [2.75, 3.05) is 24.5 Å². The second-order valence-electron chi connectivity index (χ2n) is 9.33. The third-order valence-electron chi connectivity index (χ3n) is 6.79. The third-order valence-corrected chi connectivity index (χ3v) is 6.79. The predicted molar refractivity (Wildman–Crippen MR) is 132 cm³/mol. The van der Waals surface area contributed by atoms with Gasteiger partial charge in [-0.25, -0.2) is 18.4 Å². The summed E-state index contributed by atoms with van der Waals surface area (Å²) in [4.78, 5) is 24.9. The van der Waals surface area contributed by atoms with Crippen molar-refractivity contribution < 1.29 is 31.9 Å². The Labute approximate surface area is 219 Å². The summed E-state index contributed by atoms with van der Waals surface area (Å²) >= 11 is 0. The van der Waals surface area contributed by atoms with Gasteiger partial charge in [0.1, 0.15) is 5.69 Å². The summed E-state index contributed by atoms with van der Waals surface area (Å²) in [6, 6.07) is 9.83. The van der Waals surface area contributed by atoms with Crippen LogP contribution in [0.5, 0.6) is 5.75 Å². The number of benzene rings is 2. The lowest BCUT2D eigenvalue weighted by Gasteiger charge is -2.41. The molecule has 13 heteroatoms. The molecule has 8 nitrogen and oxygen atoms in total. The number of aromatic nitrogens is 4. The van der Waals surface area contributed by atoms with Gasteiger partial charge in [-0.3, -0.25) is 4.79 Å². The van der Waals surface area contributed by atoms with Crippen molar-refractivity contribution in [2.24, 2.45) is 7.05 Å². The Morgan fingerprint density at radius 3 is 2.51 bits per heavy atom. The number of phenols is 1.